The summed E-state index contributed by atoms with van der Waals surface area (Å²) in [6.07, 6.45) is -5.40. The minimum atomic E-state index is -1.48. The lowest BCUT2D eigenvalue weighted by Crippen LogP contribution is -2.61. The fourth-order valence-electron chi connectivity index (χ4n) is 3.50. The molecule has 1 fully saturated rings. The maximum absolute atomic E-state index is 11.8. The van der Waals surface area contributed by atoms with Gasteiger partial charge in [0.2, 0.25) is 0 Å². The van der Waals surface area contributed by atoms with Crippen LogP contribution in [0.5, 0.6) is 0 Å². The van der Waals surface area contributed by atoms with Crippen molar-refractivity contribution in [1.29, 1.82) is 0 Å². The van der Waals surface area contributed by atoms with Crippen molar-refractivity contribution in [3.63, 3.8) is 0 Å². The zero-order valence-electron chi connectivity index (χ0n) is 18.1. The Morgan fingerprint density at radius 1 is 0.812 bits per heavy atom. The van der Waals surface area contributed by atoms with Crippen molar-refractivity contribution in [1.82, 2.24) is 0 Å². The fraction of sp³-hybridized carbons (Fsp3) is 0.417. The lowest BCUT2D eigenvalue weighted by Gasteiger charge is -2.43. The van der Waals surface area contributed by atoms with Crippen molar-refractivity contribution in [3.8, 4) is 0 Å². The molecule has 1 saturated heterocycles. The van der Waals surface area contributed by atoms with Crippen LogP contribution in [0.15, 0.2) is 60.7 Å². The summed E-state index contributed by atoms with van der Waals surface area (Å²) in [7, 11) is 0. The van der Waals surface area contributed by atoms with Gasteiger partial charge in [0, 0.05) is 13.8 Å². The van der Waals surface area contributed by atoms with E-state index in [9.17, 15) is 14.7 Å². The van der Waals surface area contributed by atoms with Gasteiger partial charge in [-0.1, -0.05) is 60.7 Å². The van der Waals surface area contributed by atoms with Crippen LogP contribution in [0.1, 0.15) is 25.0 Å². The molecule has 32 heavy (non-hydrogen) atoms. The standard InChI is InChI=1S/C24H28O8/c1-16(25)30-21-20(15-28-13-18-9-5-3-6-10-18)32-24(27)23(31-17(2)26)22(21)29-14-19-11-7-4-8-12-19/h3-12,20-24,27H,13-15H2,1-2H3/t20-,21-,22+,23-,24-/m1/s1. The quantitative estimate of drug-likeness (QED) is 0.589. The summed E-state index contributed by atoms with van der Waals surface area (Å²) < 4.78 is 28.2. The van der Waals surface area contributed by atoms with E-state index < -0.39 is 42.6 Å². The molecular formula is C24H28O8. The van der Waals surface area contributed by atoms with Crippen LogP contribution in [0, 0.1) is 0 Å². The van der Waals surface area contributed by atoms with E-state index >= 15 is 0 Å². The first kappa shape index (κ1) is 23.9. The van der Waals surface area contributed by atoms with E-state index in [1.165, 1.54) is 13.8 Å². The van der Waals surface area contributed by atoms with Gasteiger partial charge in [-0.25, -0.2) is 0 Å². The highest BCUT2D eigenvalue weighted by Crippen LogP contribution is 2.29. The molecule has 172 valence electrons. The largest absolute Gasteiger partial charge is 0.457 e. The van der Waals surface area contributed by atoms with Crippen molar-refractivity contribution in [2.24, 2.45) is 0 Å². The zero-order chi connectivity index (χ0) is 22.9. The third-order valence-corrected chi connectivity index (χ3v) is 4.89. The van der Waals surface area contributed by atoms with E-state index in [0.29, 0.717) is 6.61 Å². The molecule has 0 aliphatic carbocycles. The second-order valence-corrected chi connectivity index (χ2v) is 7.48. The molecule has 2 aromatic rings. The highest BCUT2D eigenvalue weighted by molar-refractivity contribution is 5.67. The molecule has 0 spiro atoms. The van der Waals surface area contributed by atoms with Crippen LogP contribution in [0.4, 0.5) is 0 Å². The summed E-state index contributed by atoms with van der Waals surface area (Å²) in [5, 5.41) is 10.5. The lowest BCUT2D eigenvalue weighted by atomic mass is 9.98. The predicted octanol–water partition coefficient (Wildman–Crippen LogP) is 2.37. The summed E-state index contributed by atoms with van der Waals surface area (Å²) in [5.41, 5.74) is 1.83. The number of carbonyl (C=O) groups excluding carboxylic acids is 2. The summed E-state index contributed by atoms with van der Waals surface area (Å²) in [6.45, 7) is 2.98. The molecule has 2 aromatic carbocycles. The molecule has 0 amide bonds. The summed E-state index contributed by atoms with van der Waals surface area (Å²) in [4.78, 5) is 23.5. The molecule has 0 aromatic heterocycles. The van der Waals surface area contributed by atoms with Gasteiger partial charge < -0.3 is 28.8 Å². The maximum Gasteiger partial charge on any atom is 0.303 e. The van der Waals surface area contributed by atoms with Crippen molar-refractivity contribution >= 4 is 11.9 Å². The van der Waals surface area contributed by atoms with Gasteiger partial charge in [-0.15, -0.1) is 0 Å². The first-order valence-corrected chi connectivity index (χ1v) is 10.4. The minimum absolute atomic E-state index is 0.0297. The lowest BCUT2D eigenvalue weighted by molar-refractivity contribution is -0.303. The highest BCUT2D eigenvalue weighted by atomic mass is 16.7. The van der Waals surface area contributed by atoms with Crippen LogP contribution in [0.25, 0.3) is 0 Å². The molecule has 8 nitrogen and oxygen atoms in total. The number of aliphatic hydroxyl groups is 1. The molecular weight excluding hydrogens is 416 g/mol. The number of hydrogen-bond acceptors (Lipinski definition) is 8. The van der Waals surface area contributed by atoms with Crippen LogP contribution in [0.3, 0.4) is 0 Å². The van der Waals surface area contributed by atoms with Crippen LogP contribution in [-0.2, 0) is 46.5 Å². The fourth-order valence-corrected chi connectivity index (χ4v) is 3.50. The Labute approximate surface area is 187 Å². The second kappa shape index (κ2) is 11.7. The molecule has 8 heteroatoms. The molecule has 0 radical (unpaired) electrons. The van der Waals surface area contributed by atoms with Gasteiger partial charge >= 0.3 is 11.9 Å². The van der Waals surface area contributed by atoms with E-state index in [4.69, 9.17) is 23.7 Å². The molecule has 3 rings (SSSR count). The zero-order valence-corrected chi connectivity index (χ0v) is 18.1. The first-order chi connectivity index (χ1) is 15.4. The number of carbonyl (C=O) groups is 2. The Hall–Kier alpha value is -2.78. The van der Waals surface area contributed by atoms with E-state index in [1.807, 2.05) is 60.7 Å². The molecule has 1 aliphatic heterocycles. The van der Waals surface area contributed by atoms with Crippen LogP contribution in [0.2, 0.25) is 0 Å². The van der Waals surface area contributed by atoms with E-state index in [-0.39, 0.29) is 13.2 Å². The van der Waals surface area contributed by atoms with Crippen molar-refractivity contribution in [2.45, 2.75) is 57.8 Å². The van der Waals surface area contributed by atoms with Gasteiger partial charge in [0.05, 0.1) is 19.8 Å². The van der Waals surface area contributed by atoms with Gasteiger partial charge in [0.15, 0.2) is 18.5 Å². The summed E-state index contributed by atoms with van der Waals surface area (Å²) >= 11 is 0. The number of benzene rings is 2. The van der Waals surface area contributed by atoms with Crippen molar-refractivity contribution < 1.29 is 38.4 Å². The van der Waals surface area contributed by atoms with E-state index in [2.05, 4.69) is 0 Å². The topological polar surface area (TPSA) is 101 Å². The third kappa shape index (κ3) is 6.86. The Morgan fingerprint density at radius 2 is 1.34 bits per heavy atom. The Balaban J connectivity index is 1.76. The molecule has 0 bridgehead atoms. The van der Waals surface area contributed by atoms with E-state index in [0.717, 1.165) is 11.1 Å². The second-order valence-electron chi connectivity index (χ2n) is 7.48. The van der Waals surface area contributed by atoms with Gasteiger partial charge in [0.1, 0.15) is 12.2 Å². The normalized spacial score (nSPS) is 25.2. The van der Waals surface area contributed by atoms with Gasteiger partial charge in [-0.3, -0.25) is 9.59 Å². The van der Waals surface area contributed by atoms with E-state index in [1.54, 1.807) is 0 Å². The molecule has 1 N–H and O–H groups in total. The Morgan fingerprint density at radius 3 is 1.91 bits per heavy atom. The first-order valence-electron chi connectivity index (χ1n) is 10.4. The predicted molar refractivity (Wildman–Crippen MR) is 113 cm³/mol. The van der Waals surface area contributed by atoms with Crippen LogP contribution < -0.4 is 0 Å². The summed E-state index contributed by atoms with van der Waals surface area (Å²) in [5.74, 6) is -1.18. The summed E-state index contributed by atoms with van der Waals surface area (Å²) in [6, 6.07) is 18.9. The van der Waals surface area contributed by atoms with Crippen molar-refractivity contribution in [2.75, 3.05) is 6.61 Å². The van der Waals surface area contributed by atoms with Gasteiger partial charge in [-0.2, -0.15) is 0 Å². The van der Waals surface area contributed by atoms with Crippen molar-refractivity contribution in [3.05, 3.63) is 71.8 Å². The molecule has 0 saturated carbocycles. The Bertz CT molecular complexity index is 857. The Kier molecular flexibility index (Phi) is 8.75. The minimum Gasteiger partial charge on any atom is -0.457 e. The number of aliphatic hydroxyl groups excluding tert-OH is 1. The molecule has 5 atom stereocenters. The van der Waals surface area contributed by atoms with Gasteiger partial charge in [0.25, 0.3) is 0 Å². The number of ether oxygens (including phenoxy) is 5. The SMILES string of the molecule is CC(=O)O[C@@H]1[C@@H](OCc2ccccc2)[C@H](OC(C)=O)[C@@H](COCc2ccccc2)O[C@H]1O. The maximum atomic E-state index is 11.8. The average molecular weight is 444 g/mol. The average Bonchev–Trinajstić information content (AvgIpc) is 2.77. The van der Waals surface area contributed by atoms with Crippen LogP contribution in [-0.4, -0.2) is 54.4 Å². The third-order valence-electron chi connectivity index (χ3n) is 4.89. The van der Waals surface area contributed by atoms with Gasteiger partial charge in [-0.05, 0) is 11.1 Å². The number of rotatable bonds is 9. The molecule has 1 aliphatic rings. The number of esters is 2. The smallest absolute Gasteiger partial charge is 0.303 e. The molecule has 1 heterocycles. The van der Waals surface area contributed by atoms with Crippen LogP contribution >= 0.6 is 0 Å². The molecule has 0 unspecified atom stereocenters. The number of hydrogen-bond donors (Lipinski definition) is 1. The highest BCUT2D eigenvalue weighted by Gasteiger charge is 2.50. The monoisotopic (exact) mass is 444 g/mol.